The normalized spacial score (nSPS) is 23.9. The van der Waals surface area contributed by atoms with E-state index >= 15 is 0 Å². The number of halogens is 3. The molecule has 6 heteroatoms. The highest BCUT2D eigenvalue weighted by Crippen LogP contribution is 2.27. The highest BCUT2D eigenvalue weighted by Gasteiger charge is 2.38. The summed E-state index contributed by atoms with van der Waals surface area (Å²) in [4.78, 5) is 13.3. The van der Waals surface area contributed by atoms with E-state index in [0.717, 1.165) is 17.7 Å². The van der Waals surface area contributed by atoms with Gasteiger partial charge in [-0.2, -0.15) is 13.2 Å². The zero-order valence-electron chi connectivity index (χ0n) is 12.4. The molecule has 1 amide bonds. The fourth-order valence-electron chi connectivity index (χ4n) is 2.57. The van der Waals surface area contributed by atoms with Gasteiger partial charge in [-0.15, -0.1) is 0 Å². The average Bonchev–Trinajstić information content (AvgIpc) is 2.34. The first-order valence-electron chi connectivity index (χ1n) is 7.23. The maximum absolute atomic E-state index is 12.6. The third-order valence-electron chi connectivity index (χ3n) is 3.58. The van der Waals surface area contributed by atoms with Crippen LogP contribution in [-0.2, 0) is 9.53 Å². The van der Waals surface area contributed by atoms with Crippen LogP contribution in [0.4, 0.5) is 13.2 Å². The number of rotatable bonds is 5. The van der Waals surface area contributed by atoms with Crippen LogP contribution >= 0.6 is 0 Å². The fourth-order valence-corrected chi connectivity index (χ4v) is 2.57. The summed E-state index contributed by atoms with van der Waals surface area (Å²) in [6.45, 7) is 4.55. The second-order valence-electron chi connectivity index (χ2n) is 5.68. The first-order valence-corrected chi connectivity index (χ1v) is 7.23. The van der Waals surface area contributed by atoms with Gasteiger partial charge in [-0.1, -0.05) is 13.3 Å². The van der Waals surface area contributed by atoms with Crippen LogP contribution in [-0.4, -0.2) is 42.3 Å². The number of hydrogen-bond acceptors (Lipinski definition) is 2. The SMILES string of the molecule is CCCC1CC(C(=O)N(CC(F)(F)F)C(C)C)CCO1. The van der Waals surface area contributed by atoms with Crippen LogP contribution in [0.5, 0.6) is 0 Å². The van der Waals surface area contributed by atoms with Crippen LogP contribution in [0.1, 0.15) is 46.5 Å². The number of hydrogen-bond donors (Lipinski definition) is 0. The number of alkyl halides is 3. The van der Waals surface area contributed by atoms with E-state index in [2.05, 4.69) is 0 Å². The smallest absolute Gasteiger partial charge is 0.378 e. The minimum Gasteiger partial charge on any atom is -0.378 e. The summed E-state index contributed by atoms with van der Waals surface area (Å²) in [6, 6.07) is -0.448. The van der Waals surface area contributed by atoms with Gasteiger partial charge in [0.05, 0.1) is 6.10 Å². The van der Waals surface area contributed by atoms with Gasteiger partial charge in [0.2, 0.25) is 5.91 Å². The number of carbonyl (C=O) groups is 1. The molecular weight excluding hydrogens is 271 g/mol. The van der Waals surface area contributed by atoms with Crippen LogP contribution in [0.3, 0.4) is 0 Å². The zero-order valence-corrected chi connectivity index (χ0v) is 12.4. The Kier molecular flexibility index (Phi) is 6.30. The highest BCUT2D eigenvalue weighted by atomic mass is 19.4. The minimum atomic E-state index is -4.35. The maximum atomic E-state index is 12.6. The summed E-state index contributed by atoms with van der Waals surface area (Å²) in [5, 5.41) is 0. The van der Waals surface area contributed by atoms with Crippen molar-refractivity contribution in [3.8, 4) is 0 Å². The van der Waals surface area contributed by atoms with Crippen LogP contribution < -0.4 is 0 Å². The molecule has 2 unspecified atom stereocenters. The van der Waals surface area contributed by atoms with E-state index in [1.165, 1.54) is 0 Å². The van der Waals surface area contributed by atoms with Gasteiger partial charge in [0, 0.05) is 18.6 Å². The highest BCUT2D eigenvalue weighted by molar-refractivity contribution is 5.79. The lowest BCUT2D eigenvalue weighted by molar-refractivity contribution is -0.169. The zero-order chi connectivity index (χ0) is 15.3. The molecule has 0 spiro atoms. The van der Waals surface area contributed by atoms with Crippen molar-refractivity contribution in [3.05, 3.63) is 0 Å². The van der Waals surface area contributed by atoms with Gasteiger partial charge >= 0.3 is 6.18 Å². The molecule has 1 fully saturated rings. The van der Waals surface area contributed by atoms with Crippen molar-refractivity contribution in [2.75, 3.05) is 13.2 Å². The molecule has 3 nitrogen and oxygen atoms in total. The average molecular weight is 295 g/mol. The number of ether oxygens (including phenoxy) is 1. The van der Waals surface area contributed by atoms with Crippen molar-refractivity contribution in [1.82, 2.24) is 4.90 Å². The van der Waals surface area contributed by atoms with Crippen molar-refractivity contribution >= 4 is 5.91 Å². The predicted octanol–water partition coefficient (Wildman–Crippen LogP) is 3.38. The molecule has 0 aromatic rings. The van der Waals surface area contributed by atoms with E-state index in [9.17, 15) is 18.0 Å². The Hall–Kier alpha value is -0.780. The van der Waals surface area contributed by atoms with Crippen molar-refractivity contribution in [2.45, 2.75) is 64.8 Å². The van der Waals surface area contributed by atoms with Crippen LogP contribution in [0.25, 0.3) is 0 Å². The summed E-state index contributed by atoms with van der Waals surface area (Å²) in [7, 11) is 0. The molecule has 0 saturated carbocycles. The van der Waals surface area contributed by atoms with Gasteiger partial charge in [-0.25, -0.2) is 0 Å². The number of nitrogens with zero attached hydrogens (tertiary/aromatic N) is 1. The molecule has 118 valence electrons. The van der Waals surface area contributed by atoms with Gasteiger partial charge in [-0.3, -0.25) is 4.79 Å². The van der Waals surface area contributed by atoms with Gasteiger partial charge in [0.15, 0.2) is 0 Å². The van der Waals surface area contributed by atoms with Gasteiger partial charge < -0.3 is 9.64 Å². The summed E-state index contributed by atoms with van der Waals surface area (Å²) in [6.07, 6.45) is -1.50. The second-order valence-corrected chi connectivity index (χ2v) is 5.68. The first-order chi connectivity index (χ1) is 9.24. The molecule has 0 aromatic carbocycles. The van der Waals surface area contributed by atoms with Crippen molar-refractivity contribution in [1.29, 1.82) is 0 Å². The Morgan fingerprint density at radius 3 is 2.55 bits per heavy atom. The van der Waals surface area contributed by atoms with E-state index < -0.39 is 18.8 Å². The quantitative estimate of drug-likeness (QED) is 0.778. The molecule has 0 bridgehead atoms. The lowest BCUT2D eigenvalue weighted by Crippen LogP contribution is -2.47. The molecule has 0 aromatic heterocycles. The molecular formula is C14H24F3NO2. The topological polar surface area (TPSA) is 29.5 Å². The summed E-state index contributed by atoms with van der Waals surface area (Å²) in [5.41, 5.74) is 0. The standard InChI is InChI=1S/C14H24F3NO2/c1-4-5-12-8-11(6-7-20-12)13(19)18(10(2)3)9-14(15,16)17/h10-12H,4-9H2,1-3H3. The Labute approximate surface area is 118 Å². The number of amides is 1. The maximum Gasteiger partial charge on any atom is 0.406 e. The summed E-state index contributed by atoms with van der Waals surface area (Å²) < 4.78 is 43.3. The molecule has 20 heavy (non-hydrogen) atoms. The van der Waals surface area contributed by atoms with Gasteiger partial charge in [0.25, 0.3) is 0 Å². The van der Waals surface area contributed by atoms with Gasteiger partial charge in [0.1, 0.15) is 6.54 Å². The number of carbonyl (C=O) groups excluding carboxylic acids is 1. The Morgan fingerprint density at radius 2 is 2.05 bits per heavy atom. The van der Waals surface area contributed by atoms with Crippen molar-refractivity contribution in [2.24, 2.45) is 5.92 Å². The third-order valence-corrected chi connectivity index (χ3v) is 3.58. The molecule has 2 atom stereocenters. The minimum absolute atomic E-state index is 0.00241. The van der Waals surface area contributed by atoms with Crippen molar-refractivity contribution < 1.29 is 22.7 Å². The predicted molar refractivity (Wildman–Crippen MR) is 70.3 cm³/mol. The van der Waals surface area contributed by atoms with E-state index in [4.69, 9.17) is 4.74 Å². The Bertz CT molecular complexity index is 316. The molecule has 0 N–H and O–H groups in total. The van der Waals surface area contributed by atoms with E-state index in [1.54, 1.807) is 13.8 Å². The Morgan fingerprint density at radius 1 is 1.40 bits per heavy atom. The molecule has 1 heterocycles. The molecule has 1 aliphatic heterocycles. The van der Waals surface area contributed by atoms with Crippen LogP contribution in [0, 0.1) is 5.92 Å². The van der Waals surface area contributed by atoms with E-state index in [1.807, 2.05) is 6.92 Å². The second kappa shape index (κ2) is 7.29. The monoisotopic (exact) mass is 295 g/mol. The van der Waals surface area contributed by atoms with Crippen molar-refractivity contribution in [3.63, 3.8) is 0 Å². The molecule has 1 rings (SSSR count). The molecule has 1 aliphatic rings. The fraction of sp³-hybridized carbons (Fsp3) is 0.929. The van der Waals surface area contributed by atoms with E-state index in [-0.39, 0.29) is 17.9 Å². The van der Waals surface area contributed by atoms with E-state index in [0.29, 0.717) is 19.4 Å². The third kappa shape index (κ3) is 5.31. The lowest BCUT2D eigenvalue weighted by Gasteiger charge is -2.35. The molecule has 0 radical (unpaired) electrons. The summed E-state index contributed by atoms with van der Waals surface area (Å²) in [5.74, 6) is -0.730. The Balaban J connectivity index is 2.69. The molecule has 1 saturated heterocycles. The van der Waals surface area contributed by atoms with Gasteiger partial charge in [-0.05, 0) is 33.1 Å². The first kappa shape index (κ1) is 17.3. The molecule has 0 aliphatic carbocycles. The largest absolute Gasteiger partial charge is 0.406 e. The van der Waals surface area contributed by atoms with Crippen LogP contribution in [0.2, 0.25) is 0 Å². The lowest BCUT2D eigenvalue weighted by atomic mass is 9.92. The summed E-state index contributed by atoms with van der Waals surface area (Å²) >= 11 is 0. The van der Waals surface area contributed by atoms with Crippen LogP contribution in [0.15, 0.2) is 0 Å².